The van der Waals surface area contributed by atoms with Crippen LogP contribution in [-0.2, 0) is 4.79 Å². The van der Waals surface area contributed by atoms with Crippen molar-refractivity contribution in [1.29, 1.82) is 0 Å². The van der Waals surface area contributed by atoms with Gasteiger partial charge in [0.2, 0.25) is 0 Å². The minimum absolute atomic E-state index is 0.785. The number of nitrogens with zero attached hydrogens (tertiary/aromatic N) is 2. The number of anilines is 1. The summed E-state index contributed by atoms with van der Waals surface area (Å²) in [5.41, 5.74) is 1.90. The minimum Gasteiger partial charge on any atom is -0.478 e. The Morgan fingerprint density at radius 1 is 1.50 bits per heavy atom. The summed E-state index contributed by atoms with van der Waals surface area (Å²) in [6.07, 6.45) is 9.79. The maximum Gasteiger partial charge on any atom is 0.328 e. The van der Waals surface area contributed by atoms with Gasteiger partial charge in [0.25, 0.3) is 0 Å². The molecule has 0 amide bonds. The van der Waals surface area contributed by atoms with Crippen molar-refractivity contribution in [3.05, 3.63) is 29.5 Å². The van der Waals surface area contributed by atoms with E-state index in [0.717, 1.165) is 35.5 Å². The van der Waals surface area contributed by atoms with Gasteiger partial charge in [-0.1, -0.05) is 12.8 Å². The summed E-state index contributed by atoms with van der Waals surface area (Å²) in [6.45, 7) is 3.07. The number of rotatable bonds is 5. The number of pyridine rings is 1. The summed E-state index contributed by atoms with van der Waals surface area (Å²) in [6, 6.07) is 1.98. The lowest BCUT2D eigenvalue weighted by Gasteiger charge is -2.23. The Morgan fingerprint density at radius 2 is 2.20 bits per heavy atom. The first kappa shape index (κ1) is 14.6. The molecule has 20 heavy (non-hydrogen) atoms. The number of hydrogen-bond acceptors (Lipinski definition) is 3. The standard InChI is InChI=1S/C16H22N2O2/c1-12-9-14(7-8-15(19)20)10-17-16(12)18(2)11-13-5-3-4-6-13/h7-10,13H,3-6,11H2,1-2H3,(H,19,20)/b8-7+. The van der Waals surface area contributed by atoms with Crippen molar-refractivity contribution in [2.75, 3.05) is 18.5 Å². The van der Waals surface area contributed by atoms with Crippen molar-refractivity contribution in [1.82, 2.24) is 4.98 Å². The molecule has 4 nitrogen and oxygen atoms in total. The maximum atomic E-state index is 10.5. The molecule has 2 rings (SSSR count). The first-order valence-electron chi connectivity index (χ1n) is 7.15. The van der Waals surface area contributed by atoms with Crippen LogP contribution >= 0.6 is 0 Å². The molecule has 0 aromatic carbocycles. The fourth-order valence-electron chi connectivity index (χ4n) is 2.91. The second-order valence-corrected chi connectivity index (χ2v) is 5.61. The van der Waals surface area contributed by atoms with Gasteiger partial charge in [-0.15, -0.1) is 0 Å². The second-order valence-electron chi connectivity index (χ2n) is 5.61. The monoisotopic (exact) mass is 274 g/mol. The molecule has 1 heterocycles. The minimum atomic E-state index is -0.940. The van der Waals surface area contributed by atoms with Gasteiger partial charge in [0, 0.05) is 25.9 Å². The molecule has 1 fully saturated rings. The molecule has 4 heteroatoms. The average Bonchev–Trinajstić information content (AvgIpc) is 2.89. The lowest BCUT2D eigenvalue weighted by molar-refractivity contribution is -0.131. The third-order valence-electron chi connectivity index (χ3n) is 3.86. The van der Waals surface area contributed by atoms with Crippen LogP contribution in [0.1, 0.15) is 36.8 Å². The average molecular weight is 274 g/mol. The van der Waals surface area contributed by atoms with E-state index in [4.69, 9.17) is 5.11 Å². The van der Waals surface area contributed by atoms with E-state index >= 15 is 0 Å². The Hall–Kier alpha value is -1.84. The van der Waals surface area contributed by atoms with Crippen LogP contribution < -0.4 is 4.90 Å². The van der Waals surface area contributed by atoms with Gasteiger partial charge in [0.05, 0.1) is 0 Å². The van der Waals surface area contributed by atoms with Gasteiger partial charge in [-0.2, -0.15) is 0 Å². The number of carbonyl (C=O) groups is 1. The number of aromatic nitrogens is 1. The Balaban J connectivity index is 2.06. The van der Waals surface area contributed by atoms with Crippen molar-refractivity contribution >= 4 is 17.9 Å². The normalized spacial score (nSPS) is 15.9. The molecule has 0 aliphatic heterocycles. The topological polar surface area (TPSA) is 53.4 Å². The summed E-state index contributed by atoms with van der Waals surface area (Å²) in [5.74, 6) is 0.835. The van der Waals surface area contributed by atoms with Gasteiger partial charge in [0.1, 0.15) is 5.82 Å². The summed E-state index contributed by atoms with van der Waals surface area (Å²) in [7, 11) is 2.08. The van der Waals surface area contributed by atoms with E-state index in [0.29, 0.717) is 0 Å². The zero-order valence-electron chi connectivity index (χ0n) is 12.2. The van der Waals surface area contributed by atoms with E-state index in [-0.39, 0.29) is 0 Å². The fraction of sp³-hybridized carbons (Fsp3) is 0.500. The molecule has 0 radical (unpaired) electrons. The molecule has 0 bridgehead atoms. The first-order valence-corrected chi connectivity index (χ1v) is 7.15. The Bertz CT molecular complexity index is 505. The molecular weight excluding hydrogens is 252 g/mol. The highest BCUT2D eigenvalue weighted by molar-refractivity contribution is 5.85. The van der Waals surface area contributed by atoms with Gasteiger partial charge in [-0.3, -0.25) is 0 Å². The van der Waals surface area contributed by atoms with E-state index in [1.54, 1.807) is 12.3 Å². The van der Waals surface area contributed by atoms with E-state index in [2.05, 4.69) is 16.9 Å². The van der Waals surface area contributed by atoms with Crippen molar-refractivity contribution in [2.45, 2.75) is 32.6 Å². The van der Waals surface area contributed by atoms with E-state index in [1.165, 1.54) is 25.7 Å². The number of hydrogen-bond donors (Lipinski definition) is 1. The quantitative estimate of drug-likeness (QED) is 0.838. The van der Waals surface area contributed by atoms with E-state index in [1.807, 2.05) is 13.0 Å². The largest absolute Gasteiger partial charge is 0.478 e. The Morgan fingerprint density at radius 3 is 2.80 bits per heavy atom. The van der Waals surface area contributed by atoms with Crippen molar-refractivity contribution in [2.24, 2.45) is 5.92 Å². The second kappa shape index (κ2) is 6.55. The van der Waals surface area contributed by atoms with Crippen LogP contribution in [0.4, 0.5) is 5.82 Å². The fourth-order valence-corrected chi connectivity index (χ4v) is 2.91. The Labute approximate surface area is 120 Å². The summed E-state index contributed by atoms with van der Waals surface area (Å²) < 4.78 is 0. The molecule has 108 valence electrons. The van der Waals surface area contributed by atoms with Gasteiger partial charge in [0.15, 0.2) is 0 Å². The highest BCUT2D eigenvalue weighted by Gasteiger charge is 2.18. The molecule has 0 spiro atoms. The molecule has 1 aromatic heterocycles. The SMILES string of the molecule is Cc1cc(/C=C/C(=O)O)cnc1N(C)CC1CCCC1. The number of carboxylic acid groups (broad SMARTS) is 1. The third kappa shape index (κ3) is 3.83. The molecule has 0 unspecified atom stereocenters. The zero-order valence-corrected chi connectivity index (χ0v) is 12.2. The Kier molecular flexibility index (Phi) is 4.77. The van der Waals surface area contributed by atoms with Crippen LogP contribution in [0.5, 0.6) is 0 Å². The van der Waals surface area contributed by atoms with E-state index < -0.39 is 5.97 Å². The van der Waals surface area contributed by atoms with Gasteiger partial charge in [-0.25, -0.2) is 9.78 Å². The van der Waals surface area contributed by atoms with Crippen LogP contribution in [-0.4, -0.2) is 29.7 Å². The zero-order chi connectivity index (χ0) is 14.5. The smallest absolute Gasteiger partial charge is 0.328 e. The van der Waals surface area contributed by atoms with Gasteiger partial charge >= 0.3 is 5.97 Å². The van der Waals surface area contributed by atoms with Crippen molar-refractivity contribution in [3.8, 4) is 0 Å². The highest BCUT2D eigenvalue weighted by atomic mass is 16.4. The molecule has 0 saturated heterocycles. The summed E-state index contributed by atoms with van der Waals surface area (Å²) in [5, 5.41) is 8.63. The molecule has 1 aliphatic carbocycles. The van der Waals surface area contributed by atoms with Crippen LogP contribution in [0.15, 0.2) is 18.3 Å². The number of aryl methyl sites for hydroxylation is 1. The summed E-state index contributed by atoms with van der Waals surface area (Å²) >= 11 is 0. The van der Waals surface area contributed by atoms with Crippen LogP contribution in [0.3, 0.4) is 0 Å². The van der Waals surface area contributed by atoms with Gasteiger partial charge in [-0.05, 0) is 49.0 Å². The third-order valence-corrected chi connectivity index (χ3v) is 3.86. The predicted octanol–water partition coefficient (Wildman–Crippen LogP) is 3.11. The van der Waals surface area contributed by atoms with Crippen molar-refractivity contribution < 1.29 is 9.90 Å². The van der Waals surface area contributed by atoms with Crippen molar-refractivity contribution in [3.63, 3.8) is 0 Å². The lowest BCUT2D eigenvalue weighted by Crippen LogP contribution is -2.25. The van der Waals surface area contributed by atoms with Crippen LogP contribution in [0, 0.1) is 12.8 Å². The molecular formula is C16H22N2O2. The lowest BCUT2D eigenvalue weighted by atomic mass is 10.1. The molecule has 0 atom stereocenters. The highest BCUT2D eigenvalue weighted by Crippen LogP contribution is 2.27. The maximum absolute atomic E-state index is 10.5. The first-order chi connectivity index (χ1) is 9.56. The molecule has 1 aliphatic rings. The summed E-state index contributed by atoms with van der Waals surface area (Å²) in [4.78, 5) is 17.2. The molecule has 1 saturated carbocycles. The van der Waals surface area contributed by atoms with E-state index in [9.17, 15) is 4.79 Å². The number of aliphatic carboxylic acids is 1. The van der Waals surface area contributed by atoms with Gasteiger partial charge < -0.3 is 10.0 Å². The molecule has 1 N–H and O–H groups in total. The van der Waals surface area contributed by atoms with Crippen LogP contribution in [0.2, 0.25) is 0 Å². The number of carboxylic acids is 1. The molecule has 1 aromatic rings. The predicted molar refractivity (Wildman–Crippen MR) is 80.9 cm³/mol. The van der Waals surface area contributed by atoms with Crippen LogP contribution in [0.25, 0.3) is 6.08 Å².